The van der Waals surface area contributed by atoms with E-state index in [1.54, 1.807) is 38.4 Å². The average molecular weight is 443 g/mol. The molecule has 2 N–H and O–H groups in total. The number of halogens is 1. The number of ether oxygens (including phenoxy) is 2. The van der Waals surface area contributed by atoms with Crippen LogP contribution in [0.4, 0.5) is 0 Å². The maximum Gasteiger partial charge on any atom is 0.253 e. The highest BCUT2D eigenvalue weighted by molar-refractivity contribution is 6.34. The van der Waals surface area contributed by atoms with Gasteiger partial charge in [0.1, 0.15) is 12.4 Å². The molecule has 0 aliphatic rings. The monoisotopic (exact) mass is 442 g/mol. The number of aromatic amines is 1. The molecule has 7 heteroatoms. The second-order valence-corrected chi connectivity index (χ2v) is 7.21. The molecule has 164 valence electrons. The lowest BCUT2D eigenvalue weighted by atomic mass is 10.1. The minimum Gasteiger partial charge on any atom is -0.491 e. The van der Waals surface area contributed by atoms with Crippen LogP contribution < -0.4 is 15.6 Å². The number of rotatable bonds is 10. The van der Waals surface area contributed by atoms with E-state index in [9.17, 15) is 9.59 Å². The molecule has 31 heavy (non-hydrogen) atoms. The third kappa shape index (κ3) is 7.27. The number of hydrogen-bond donors (Lipinski definition) is 2. The number of carbonyl (C=O) groups excluding carboxylic acids is 1. The van der Waals surface area contributed by atoms with Crippen LogP contribution in [0.5, 0.6) is 5.75 Å². The van der Waals surface area contributed by atoms with E-state index in [2.05, 4.69) is 16.9 Å². The van der Waals surface area contributed by atoms with E-state index < -0.39 is 0 Å². The van der Waals surface area contributed by atoms with Crippen molar-refractivity contribution in [2.24, 2.45) is 0 Å². The fourth-order valence-electron chi connectivity index (χ4n) is 2.86. The molecule has 0 saturated carbocycles. The molecule has 2 aromatic rings. The summed E-state index contributed by atoms with van der Waals surface area (Å²) in [6.07, 6.45) is 7.16. The molecule has 2 rings (SSSR count). The second kappa shape index (κ2) is 11.9. The van der Waals surface area contributed by atoms with Crippen LogP contribution in [-0.2, 0) is 4.74 Å². The van der Waals surface area contributed by atoms with Crippen LogP contribution in [0.3, 0.4) is 0 Å². The smallest absolute Gasteiger partial charge is 0.253 e. The van der Waals surface area contributed by atoms with E-state index in [4.69, 9.17) is 21.1 Å². The predicted octanol–water partition coefficient (Wildman–Crippen LogP) is 4.31. The Labute approximate surface area is 187 Å². The van der Waals surface area contributed by atoms with Crippen LogP contribution in [0.25, 0.3) is 5.57 Å². The van der Waals surface area contributed by atoms with E-state index in [0.717, 1.165) is 11.1 Å². The number of nitrogens with one attached hydrogen (secondary N) is 2. The highest BCUT2D eigenvalue weighted by atomic mass is 35.5. The van der Waals surface area contributed by atoms with Gasteiger partial charge in [0.2, 0.25) is 5.56 Å². The van der Waals surface area contributed by atoms with Gasteiger partial charge in [0.15, 0.2) is 0 Å². The number of hydrogen-bond acceptors (Lipinski definition) is 4. The van der Waals surface area contributed by atoms with Crippen molar-refractivity contribution in [3.8, 4) is 5.75 Å². The van der Waals surface area contributed by atoms with Crippen LogP contribution >= 0.6 is 11.6 Å². The van der Waals surface area contributed by atoms with Gasteiger partial charge >= 0.3 is 0 Å². The Bertz CT molecular complexity index is 1030. The Kier molecular flexibility index (Phi) is 9.31. The van der Waals surface area contributed by atoms with Crippen LogP contribution in [0.2, 0.25) is 5.02 Å². The summed E-state index contributed by atoms with van der Waals surface area (Å²) in [5.74, 6) is 0.295. The summed E-state index contributed by atoms with van der Waals surface area (Å²) in [5, 5.41) is 3.15. The Morgan fingerprint density at radius 3 is 2.68 bits per heavy atom. The van der Waals surface area contributed by atoms with E-state index in [0.29, 0.717) is 40.7 Å². The number of benzene rings is 1. The molecule has 0 fully saturated rings. The Balaban J connectivity index is 1.99. The zero-order valence-electron chi connectivity index (χ0n) is 18.0. The maximum absolute atomic E-state index is 12.6. The number of pyridine rings is 1. The molecule has 0 spiro atoms. The summed E-state index contributed by atoms with van der Waals surface area (Å²) >= 11 is 6.32. The van der Waals surface area contributed by atoms with Crippen LogP contribution in [-0.4, -0.2) is 37.8 Å². The van der Waals surface area contributed by atoms with Gasteiger partial charge in [-0.15, -0.1) is 0 Å². The third-order valence-corrected chi connectivity index (χ3v) is 4.74. The molecule has 0 atom stereocenters. The number of amides is 1. The standard InChI is InChI=1S/C24H27ClN2O4/c1-5-18(19-8-9-26-22(28)13-19)7-6-16(2)15-27-24(29)23-17(3)12-20(14-21(23)25)31-11-10-30-4/h5-9,12-14H,2,10-11,15H2,1,3-4H3,(H,26,28)(H,27,29)/b7-6-,18-5+. The van der Waals surface area contributed by atoms with Crippen LogP contribution in [0, 0.1) is 6.92 Å². The van der Waals surface area contributed by atoms with Crippen LogP contribution in [0.15, 0.2) is 65.6 Å². The zero-order valence-corrected chi connectivity index (χ0v) is 18.7. The molecular formula is C24H27ClN2O4. The van der Waals surface area contributed by atoms with Gasteiger partial charge in [-0.25, -0.2) is 0 Å². The predicted molar refractivity (Wildman–Crippen MR) is 125 cm³/mol. The van der Waals surface area contributed by atoms with Gasteiger partial charge in [-0.3, -0.25) is 9.59 Å². The Morgan fingerprint density at radius 2 is 2.03 bits per heavy atom. The van der Waals surface area contributed by atoms with Gasteiger partial charge in [0, 0.05) is 25.9 Å². The van der Waals surface area contributed by atoms with Gasteiger partial charge in [-0.2, -0.15) is 0 Å². The second-order valence-electron chi connectivity index (χ2n) is 6.80. The molecule has 1 aromatic carbocycles. The average Bonchev–Trinajstić information content (AvgIpc) is 2.72. The molecule has 0 unspecified atom stereocenters. The number of methoxy groups -OCH3 is 1. The highest BCUT2D eigenvalue weighted by Gasteiger charge is 2.15. The SMILES string of the molecule is C=C(/C=C\C(=C/C)c1cc[nH]c(=O)c1)CNC(=O)c1c(C)cc(OCCOC)cc1Cl. The van der Waals surface area contributed by atoms with E-state index in [-0.39, 0.29) is 18.0 Å². The number of aryl methyl sites for hydroxylation is 1. The van der Waals surface area contributed by atoms with E-state index in [1.165, 1.54) is 6.07 Å². The molecule has 1 heterocycles. The molecule has 0 saturated heterocycles. The summed E-state index contributed by atoms with van der Waals surface area (Å²) in [6, 6.07) is 6.73. The van der Waals surface area contributed by atoms with Crippen molar-refractivity contribution in [3.63, 3.8) is 0 Å². The van der Waals surface area contributed by atoms with Gasteiger partial charge in [0.25, 0.3) is 5.91 Å². The van der Waals surface area contributed by atoms with Crippen molar-refractivity contribution in [1.82, 2.24) is 10.3 Å². The lowest BCUT2D eigenvalue weighted by molar-refractivity contribution is 0.0956. The van der Waals surface area contributed by atoms with Crippen molar-refractivity contribution in [1.29, 1.82) is 0 Å². The third-order valence-electron chi connectivity index (χ3n) is 4.44. The zero-order chi connectivity index (χ0) is 22.8. The summed E-state index contributed by atoms with van der Waals surface area (Å²) in [6.45, 7) is 8.78. The van der Waals surface area contributed by atoms with Gasteiger partial charge in [0.05, 0.1) is 17.2 Å². The van der Waals surface area contributed by atoms with Crippen molar-refractivity contribution < 1.29 is 14.3 Å². The minimum absolute atomic E-state index is 0.168. The molecular weight excluding hydrogens is 416 g/mol. The summed E-state index contributed by atoms with van der Waals surface area (Å²) in [5.41, 5.74) is 3.32. The molecule has 0 aliphatic carbocycles. The largest absolute Gasteiger partial charge is 0.491 e. The van der Waals surface area contributed by atoms with Gasteiger partial charge < -0.3 is 19.8 Å². The van der Waals surface area contributed by atoms with Crippen LogP contribution in [0.1, 0.15) is 28.4 Å². The van der Waals surface area contributed by atoms with E-state index >= 15 is 0 Å². The highest BCUT2D eigenvalue weighted by Crippen LogP contribution is 2.26. The first-order chi connectivity index (χ1) is 14.8. The fraction of sp³-hybridized carbons (Fsp3) is 0.250. The van der Waals surface area contributed by atoms with Crippen molar-refractivity contribution in [2.45, 2.75) is 13.8 Å². The summed E-state index contributed by atoms with van der Waals surface area (Å²) in [7, 11) is 1.60. The number of aromatic nitrogens is 1. The van der Waals surface area contributed by atoms with Crippen molar-refractivity contribution in [2.75, 3.05) is 26.9 Å². The topological polar surface area (TPSA) is 80.4 Å². The minimum atomic E-state index is -0.290. The molecule has 1 amide bonds. The quantitative estimate of drug-likeness (QED) is 0.424. The fourth-order valence-corrected chi connectivity index (χ4v) is 3.20. The van der Waals surface area contributed by atoms with Gasteiger partial charge in [-0.05, 0) is 54.3 Å². The summed E-state index contributed by atoms with van der Waals surface area (Å²) in [4.78, 5) is 26.7. The lowest BCUT2D eigenvalue weighted by Crippen LogP contribution is -2.26. The first-order valence-corrected chi connectivity index (χ1v) is 10.1. The van der Waals surface area contributed by atoms with Gasteiger partial charge in [-0.1, -0.05) is 36.4 Å². The lowest BCUT2D eigenvalue weighted by Gasteiger charge is -2.13. The molecule has 6 nitrogen and oxygen atoms in total. The molecule has 1 aromatic heterocycles. The number of H-pyrrole nitrogens is 1. The Morgan fingerprint density at radius 1 is 1.26 bits per heavy atom. The maximum atomic E-state index is 12.6. The molecule has 0 aliphatic heterocycles. The summed E-state index contributed by atoms with van der Waals surface area (Å²) < 4.78 is 10.5. The number of carbonyl (C=O) groups is 1. The first kappa shape index (κ1) is 24.2. The normalized spacial score (nSPS) is 11.5. The molecule has 0 radical (unpaired) electrons. The van der Waals surface area contributed by atoms with E-state index in [1.807, 2.05) is 25.1 Å². The number of allylic oxidation sites excluding steroid dienone is 3. The van der Waals surface area contributed by atoms with Crippen molar-refractivity contribution >= 4 is 23.1 Å². The Hall–Kier alpha value is -3.09. The first-order valence-electron chi connectivity index (χ1n) is 9.77. The molecule has 0 bridgehead atoms. The van der Waals surface area contributed by atoms with Crippen molar-refractivity contribution in [3.05, 3.63) is 92.9 Å².